The van der Waals surface area contributed by atoms with Crippen LogP contribution in [0.4, 0.5) is 11.4 Å². The summed E-state index contributed by atoms with van der Waals surface area (Å²) < 4.78 is 0. The van der Waals surface area contributed by atoms with Crippen LogP contribution in [0, 0.1) is 0 Å². The highest BCUT2D eigenvalue weighted by Gasteiger charge is 2.30. The number of hydrogen-bond acceptors (Lipinski definition) is 3. The lowest BCUT2D eigenvalue weighted by molar-refractivity contribution is -0.118. The fraction of sp³-hybridized carbons (Fsp3) is 0.533. The number of benzene rings is 1. The largest absolute Gasteiger partial charge is 0.399 e. The number of nitrogens with zero attached hydrogens (tertiary/aromatic N) is 1. The molecule has 0 aliphatic carbocycles. The molecular weight excluding hydrogens is 256 g/mol. The van der Waals surface area contributed by atoms with Gasteiger partial charge in [-0.3, -0.25) is 4.79 Å². The predicted octanol–water partition coefficient (Wildman–Crippen LogP) is 2.83. The molecule has 2 aliphatic heterocycles. The van der Waals surface area contributed by atoms with Crippen molar-refractivity contribution in [3.05, 3.63) is 23.8 Å². The maximum absolute atomic E-state index is 12.7. The molecule has 1 amide bonds. The van der Waals surface area contributed by atoms with Gasteiger partial charge in [0.25, 0.3) is 0 Å². The Kier molecular flexibility index (Phi) is 3.69. The van der Waals surface area contributed by atoms with E-state index in [1.54, 1.807) is 0 Å². The number of carbonyl (C=O) groups is 1. The second kappa shape index (κ2) is 5.45. The molecule has 1 aromatic carbocycles. The van der Waals surface area contributed by atoms with Crippen molar-refractivity contribution >= 4 is 29.0 Å². The second-order valence-corrected chi connectivity index (χ2v) is 6.65. The number of nitrogen functional groups attached to an aromatic ring is 1. The molecule has 1 fully saturated rings. The molecule has 0 bridgehead atoms. The van der Waals surface area contributed by atoms with Crippen LogP contribution in [0.5, 0.6) is 0 Å². The van der Waals surface area contributed by atoms with Gasteiger partial charge in [-0.05, 0) is 55.2 Å². The minimum Gasteiger partial charge on any atom is -0.399 e. The van der Waals surface area contributed by atoms with Crippen molar-refractivity contribution < 1.29 is 4.79 Å². The van der Waals surface area contributed by atoms with Gasteiger partial charge in [-0.2, -0.15) is 0 Å². The van der Waals surface area contributed by atoms with Crippen molar-refractivity contribution in [2.75, 3.05) is 22.9 Å². The Hall–Kier alpha value is -1.16. The van der Waals surface area contributed by atoms with Gasteiger partial charge >= 0.3 is 0 Å². The molecule has 0 saturated carbocycles. The molecule has 2 N–H and O–H groups in total. The zero-order valence-electron chi connectivity index (χ0n) is 11.1. The summed E-state index contributed by atoms with van der Waals surface area (Å²) in [4.78, 5) is 14.7. The molecule has 2 heterocycles. The number of anilines is 2. The van der Waals surface area contributed by atoms with Crippen LogP contribution < -0.4 is 10.6 Å². The molecule has 0 aromatic heterocycles. The summed E-state index contributed by atoms with van der Waals surface area (Å²) in [5.74, 6) is 1.43. The van der Waals surface area contributed by atoms with Crippen LogP contribution in [0.15, 0.2) is 18.2 Å². The van der Waals surface area contributed by atoms with Crippen molar-refractivity contribution in [2.45, 2.75) is 37.4 Å². The number of thioether (sulfide) groups is 1. The first kappa shape index (κ1) is 12.9. The van der Waals surface area contributed by atoms with Crippen molar-refractivity contribution in [1.29, 1.82) is 0 Å². The summed E-state index contributed by atoms with van der Waals surface area (Å²) in [5.41, 5.74) is 8.93. The molecule has 2 aliphatic rings. The average Bonchev–Trinajstić information content (AvgIpc) is 2.46. The van der Waals surface area contributed by atoms with E-state index in [1.165, 1.54) is 18.4 Å². The van der Waals surface area contributed by atoms with E-state index in [0.717, 1.165) is 42.9 Å². The third kappa shape index (κ3) is 2.59. The molecule has 1 atom stereocenters. The molecule has 0 spiro atoms. The Labute approximate surface area is 118 Å². The summed E-state index contributed by atoms with van der Waals surface area (Å²) in [6.07, 6.45) is 5.54. The topological polar surface area (TPSA) is 46.3 Å². The van der Waals surface area contributed by atoms with Crippen molar-refractivity contribution in [1.82, 2.24) is 0 Å². The fourth-order valence-corrected chi connectivity index (χ4v) is 4.21. The summed E-state index contributed by atoms with van der Waals surface area (Å²) >= 11 is 1.83. The third-order valence-electron chi connectivity index (χ3n) is 3.94. The molecule has 3 nitrogen and oxygen atoms in total. The van der Waals surface area contributed by atoms with Gasteiger partial charge in [0, 0.05) is 17.9 Å². The van der Waals surface area contributed by atoms with Gasteiger partial charge < -0.3 is 10.6 Å². The lowest BCUT2D eigenvalue weighted by Crippen LogP contribution is -2.41. The molecule has 1 unspecified atom stereocenters. The number of aryl methyl sites for hydroxylation is 1. The van der Waals surface area contributed by atoms with Crippen LogP contribution in [0.2, 0.25) is 0 Å². The average molecular weight is 276 g/mol. The van der Waals surface area contributed by atoms with Crippen LogP contribution in [0.3, 0.4) is 0 Å². The van der Waals surface area contributed by atoms with Crippen molar-refractivity contribution in [3.63, 3.8) is 0 Å². The summed E-state index contributed by atoms with van der Waals surface area (Å²) in [6, 6.07) is 5.93. The number of hydrogen-bond donors (Lipinski definition) is 1. The fourth-order valence-electron chi connectivity index (χ4n) is 2.96. The predicted molar refractivity (Wildman–Crippen MR) is 81.6 cm³/mol. The highest BCUT2D eigenvalue weighted by Crippen LogP contribution is 2.33. The van der Waals surface area contributed by atoms with Crippen LogP contribution in [-0.2, 0) is 11.2 Å². The molecule has 1 aromatic rings. The molecule has 0 radical (unpaired) electrons. The van der Waals surface area contributed by atoms with Gasteiger partial charge in [0.15, 0.2) is 0 Å². The minimum atomic E-state index is 0.164. The molecule has 1 saturated heterocycles. The molecule has 102 valence electrons. The normalized spacial score (nSPS) is 22.9. The van der Waals surface area contributed by atoms with E-state index in [4.69, 9.17) is 5.73 Å². The molecule has 19 heavy (non-hydrogen) atoms. The number of carbonyl (C=O) groups excluding carboxylic acids is 1. The van der Waals surface area contributed by atoms with Gasteiger partial charge in [0.05, 0.1) is 5.25 Å². The number of fused-ring (bicyclic) bond motifs is 1. The van der Waals surface area contributed by atoms with E-state index >= 15 is 0 Å². The van der Waals surface area contributed by atoms with Gasteiger partial charge in [0.2, 0.25) is 5.91 Å². The Balaban J connectivity index is 1.84. The Morgan fingerprint density at radius 1 is 1.32 bits per heavy atom. The highest BCUT2D eigenvalue weighted by molar-refractivity contribution is 8.00. The maximum Gasteiger partial charge on any atom is 0.240 e. The minimum absolute atomic E-state index is 0.164. The van der Waals surface area contributed by atoms with E-state index in [0.29, 0.717) is 5.91 Å². The first-order valence-corrected chi connectivity index (χ1v) is 8.12. The summed E-state index contributed by atoms with van der Waals surface area (Å²) in [5, 5.41) is 0.164. The van der Waals surface area contributed by atoms with Crippen LogP contribution >= 0.6 is 11.8 Å². The zero-order valence-corrected chi connectivity index (χ0v) is 11.9. The van der Waals surface area contributed by atoms with Gasteiger partial charge in [-0.15, -0.1) is 11.8 Å². The van der Waals surface area contributed by atoms with Crippen molar-refractivity contribution in [2.24, 2.45) is 0 Å². The quantitative estimate of drug-likeness (QED) is 0.802. The monoisotopic (exact) mass is 276 g/mol. The van der Waals surface area contributed by atoms with Crippen LogP contribution in [0.1, 0.15) is 31.2 Å². The Bertz CT molecular complexity index is 483. The molecule has 3 rings (SSSR count). The number of nitrogens with two attached hydrogens (primary N) is 1. The van der Waals surface area contributed by atoms with Crippen LogP contribution in [0.25, 0.3) is 0 Å². The lowest BCUT2D eigenvalue weighted by atomic mass is 10.00. The van der Waals surface area contributed by atoms with Gasteiger partial charge in [0.1, 0.15) is 0 Å². The van der Waals surface area contributed by atoms with E-state index in [9.17, 15) is 4.79 Å². The SMILES string of the molecule is Nc1ccc2c(c1)CCCN2C(=O)C1CCCCS1. The number of rotatable bonds is 1. The van der Waals surface area contributed by atoms with Gasteiger partial charge in [-0.1, -0.05) is 6.42 Å². The Morgan fingerprint density at radius 2 is 2.21 bits per heavy atom. The summed E-state index contributed by atoms with van der Waals surface area (Å²) in [7, 11) is 0. The number of amides is 1. The van der Waals surface area contributed by atoms with Crippen molar-refractivity contribution in [3.8, 4) is 0 Å². The highest BCUT2D eigenvalue weighted by atomic mass is 32.2. The van der Waals surface area contributed by atoms with Gasteiger partial charge in [-0.25, -0.2) is 0 Å². The van der Waals surface area contributed by atoms with E-state index in [2.05, 4.69) is 0 Å². The smallest absolute Gasteiger partial charge is 0.240 e. The lowest BCUT2D eigenvalue weighted by Gasteiger charge is -2.33. The molecular formula is C15H20N2OS. The second-order valence-electron chi connectivity index (χ2n) is 5.34. The maximum atomic E-state index is 12.7. The van der Waals surface area contributed by atoms with E-state index in [1.807, 2.05) is 34.9 Å². The first-order chi connectivity index (χ1) is 9.25. The Morgan fingerprint density at radius 3 is 3.00 bits per heavy atom. The van der Waals surface area contributed by atoms with E-state index in [-0.39, 0.29) is 5.25 Å². The first-order valence-electron chi connectivity index (χ1n) is 7.07. The molecule has 4 heteroatoms. The van der Waals surface area contributed by atoms with Crippen LogP contribution in [-0.4, -0.2) is 23.5 Å². The van der Waals surface area contributed by atoms with E-state index < -0.39 is 0 Å². The standard InChI is InChI=1S/C15H20N2OS/c16-12-6-7-13-11(10-12)4-3-8-17(13)15(18)14-5-1-2-9-19-14/h6-7,10,14H,1-5,8-9,16H2. The third-order valence-corrected chi connectivity index (χ3v) is 5.31. The zero-order chi connectivity index (χ0) is 13.2. The summed E-state index contributed by atoms with van der Waals surface area (Å²) in [6.45, 7) is 0.854.